The molecule has 2 amide bonds. The first-order chi connectivity index (χ1) is 13.6. The molecule has 0 atom stereocenters. The van der Waals surface area contributed by atoms with Crippen molar-refractivity contribution in [2.75, 3.05) is 11.9 Å². The SMILES string of the molecule is CN(Cc1ccccc1)C1=C(c2cccs2)C(=O)N(c2cccc(F)c2)C1=O. The lowest BCUT2D eigenvalue weighted by molar-refractivity contribution is -0.120. The van der Waals surface area contributed by atoms with E-state index in [2.05, 4.69) is 0 Å². The number of halogens is 1. The standard InChI is InChI=1S/C22H17FN2O2S/c1-24(14-15-7-3-2-4-8-15)20-19(18-11-6-12-28-18)21(26)25(22(20)27)17-10-5-9-16(23)13-17/h2-13H,14H2,1H3. The predicted octanol–water partition coefficient (Wildman–Crippen LogP) is 4.30. The van der Waals surface area contributed by atoms with Gasteiger partial charge in [-0.05, 0) is 35.2 Å². The van der Waals surface area contributed by atoms with Crippen LogP contribution >= 0.6 is 11.3 Å². The van der Waals surface area contributed by atoms with Crippen molar-refractivity contribution in [1.82, 2.24) is 4.90 Å². The van der Waals surface area contributed by atoms with Gasteiger partial charge in [-0.15, -0.1) is 11.3 Å². The number of amides is 2. The van der Waals surface area contributed by atoms with E-state index in [0.717, 1.165) is 10.5 Å². The van der Waals surface area contributed by atoms with Gasteiger partial charge in [0.15, 0.2) is 0 Å². The fourth-order valence-corrected chi connectivity index (χ4v) is 4.06. The molecule has 0 unspecified atom stereocenters. The van der Waals surface area contributed by atoms with E-state index in [9.17, 15) is 14.0 Å². The minimum absolute atomic E-state index is 0.229. The van der Waals surface area contributed by atoms with Crippen LogP contribution in [0.4, 0.5) is 10.1 Å². The maximum Gasteiger partial charge on any atom is 0.282 e. The molecular formula is C22H17FN2O2S. The highest BCUT2D eigenvalue weighted by Gasteiger charge is 2.42. The van der Waals surface area contributed by atoms with E-state index >= 15 is 0 Å². The molecule has 2 heterocycles. The molecule has 2 aromatic carbocycles. The lowest BCUT2D eigenvalue weighted by Crippen LogP contribution is -2.34. The molecule has 1 aliphatic heterocycles. The number of benzene rings is 2. The zero-order valence-electron chi connectivity index (χ0n) is 15.1. The van der Waals surface area contributed by atoms with Crippen LogP contribution < -0.4 is 4.90 Å². The Hall–Kier alpha value is -3.25. The number of carbonyl (C=O) groups is 2. The minimum Gasteiger partial charge on any atom is -0.365 e. The van der Waals surface area contributed by atoms with E-state index in [1.54, 1.807) is 18.0 Å². The molecule has 3 aromatic rings. The van der Waals surface area contributed by atoms with Crippen molar-refractivity contribution in [3.05, 3.63) is 94.1 Å². The fraction of sp³-hybridized carbons (Fsp3) is 0.0909. The molecule has 28 heavy (non-hydrogen) atoms. The van der Waals surface area contributed by atoms with Crippen LogP contribution in [0.1, 0.15) is 10.4 Å². The molecule has 0 saturated heterocycles. The van der Waals surface area contributed by atoms with Crippen LogP contribution in [0, 0.1) is 5.82 Å². The van der Waals surface area contributed by atoms with Gasteiger partial charge in [-0.25, -0.2) is 9.29 Å². The summed E-state index contributed by atoms with van der Waals surface area (Å²) in [5.74, 6) is -1.38. The van der Waals surface area contributed by atoms with Crippen LogP contribution in [0.25, 0.3) is 5.57 Å². The lowest BCUT2D eigenvalue weighted by Gasteiger charge is -2.21. The fourth-order valence-electron chi connectivity index (χ4n) is 3.30. The summed E-state index contributed by atoms with van der Waals surface area (Å²) in [5.41, 5.74) is 1.92. The molecule has 0 spiro atoms. The van der Waals surface area contributed by atoms with Gasteiger partial charge in [-0.3, -0.25) is 9.59 Å². The van der Waals surface area contributed by atoms with Gasteiger partial charge in [-0.1, -0.05) is 42.5 Å². The number of imide groups is 1. The molecule has 1 aromatic heterocycles. The molecular weight excluding hydrogens is 375 g/mol. The Kier molecular flexibility index (Phi) is 4.79. The van der Waals surface area contributed by atoms with Crippen molar-refractivity contribution < 1.29 is 14.0 Å². The molecule has 0 radical (unpaired) electrons. The van der Waals surface area contributed by atoms with Crippen LogP contribution in [-0.2, 0) is 16.1 Å². The summed E-state index contributed by atoms with van der Waals surface area (Å²) in [6, 6.07) is 18.9. The zero-order chi connectivity index (χ0) is 19.7. The Morgan fingerprint density at radius 3 is 2.43 bits per heavy atom. The highest BCUT2D eigenvalue weighted by molar-refractivity contribution is 7.11. The Morgan fingerprint density at radius 2 is 1.75 bits per heavy atom. The largest absolute Gasteiger partial charge is 0.365 e. The molecule has 4 rings (SSSR count). The normalized spacial score (nSPS) is 14.1. The van der Waals surface area contributed by atoms with Gasteiger partial charge in [0.2, 0.25) is 0 Å². The third kappa shape index (κ3) is 3.23. The lowest BCUT2D eigenvalue weighted by atomic mass is 10.1. The second-order valence-corrected chi connectivity index (χ2v) is 7.42. The highest BCUT2D eigenvalue weighted by atomic mass is 32.1. The molecule has 4 nitrogen and oxygen atoms in total. The van der Waals surface area contributed by atoms with Crippen LogP contribution in [0.5, 0.6) is 0 Å². The first-order valence-electron chi connectivity index (χ1n) is 8.74. The van der Waals surface area contributed by atoms with Crippen LogP contribution in [0.3, 0.4) is 0 Å². The van der Waals surface area contributed by atoms with Gasteiger partial charge in [-0.2, -0.15) is 0 Å². The summed E-state index contributed by atoms with van der Waals surface area (Å²) in [6.45, 7) is 0.473. The topological polar surface area (TPSA) is 40.6 Å². The Morgan fingerprint density at radius 1 is 0.964 bits per heavy atom. The van der Waals surface area contributed by atoms with Crippen LogP contribution in [0.2, 0.25) is 0 Å². The molecule has 1 aliphatic rings. The molecule has 0 N–H and O–H groups in total. The average molecular weight is 392 g/mol. The summed E-state index contributed by atoms with van der Waals surface area (Å²) in [6.07, 6.45) is 0. The van der Waals surface area contributed by atoms with Crippen molar-refractivity contribution in [2.45, 2.75) is 6.54 Å². The van der Waals surface area contributed by atoms with Gasteiger partial charge in [0, 0.05) is 18.5 Å². The number of carbonyl (C=O) groups excluding carboxylic acids is 2. The van der Waals surface area contributed by atoms with Gasteiger partial charge in [0.25, 0.3) is 11.8 Å². The number of likely N-dealkylation sites (N-methyl/N-ethyl adjacent to an activating group) is 1. The van der Waals surface area contributed by atoms with E-state index < -0.39 is 17.6 Å². The molecule has 0 aliphatic carbocycles. The molecule has 6 heteroatoms. The monoisotopic (exact) mass is 392 g/mol. The van der Waals surface area contributed by atoms with E-state index in [1.165, 1.54) is 29.5 Å². The Labute approximate surface area is 166 Å². The number of hydrogen-bond donors (Lipinski definition) is 0. The first-order valence-corrected chi connectivity index (χ1v) is 9.62. The second kappa shape index (κ2) is 7.40. The van der Waals surface area contributed by atoms with Crippen molar-refractivity contribution in [2.24, 2.45) is 0 Å². The molecule has 0 bridgehead atoms. The summed E-state index contributed by atoms with van der Waals surface area (Å²) in [5, 5.41) is 1.86. The van der Waals surface area contributed by atoms with Crippen molar-refractivity contribution in [3.8, 4) is 0 Å². The predicted molar refractivity (Wildman–Crippen MR) is 108 cm³/mol. The Bertz CT molecular complexity index is 1060. The van der Waals surface area contributed by atoms with E-state index in [0.29, 0.717) is 22.7 Å². The van der Waals surface area contributed by atoms with Crippen LogP contribution in [0.15, 0.2) is 77.8 Å². The summed E-state index contributed by atoms with van der Waals surface area (Å²) >= 11 is 1.40. The summed E-state index contributed by atoms with van der Waals surface area (Å²) < 4.78 is 13.7. The smallest absolute Gasteiger partial charge is 0.282 e. The summed E-state index contributed by atoms with van der Waals surface area (Å²) in [7, 11) is 1.79. The number of rotatable bonds is 5. The highest BCUT2D eigenvalue weighted by Crippen LogP contribution is 2.36. The van der Waals surface area contributed by atoms with Crippen molar-refractivity contribution >= 4 is 34.4 Å². The molecule has 0 saturated carbocycles. The van der Waals surface area contributed by atoms with E-state index in [-0.39, 0.29) is 5.69 Å². The van der Waals surface area contributed by atoms with Gasteiger partial charge in [0.1, 0.15) is 11.5 Å². The number of nitrogens with zero attached hydrogens (tertiary/aromatic N) is 2. The minimum atomic E-state index is -0.498. The van der Waals surface area contributed by atoms with Crippen LogP contribution in [-0.4, -0.2) is 23.8 Å². The molecule has 140 valence electrons. The van der Waals surface area contributed by atoms with E-state index in [1.807, 2.05) is 47.8 Å². The maximum atomic E-state index is 13.7. The maximum absolute atomic E-state index is 13.7. The van der Waals surface area contributed by atoms with E-state index in [4.69, 9.17) is 0 Å². The number of thiophene rings is 1. The summed E-state index contributed by atoms with van der Waals surface area (Å²) in [4.78, 5) is 30.0. The Balaban J connectivity index is 1.77. The van der Waals surface area contributed by atoms with Gasteiger partial charge < -0.3 is 4.90 Å². The van der Waals surface area contributed by atoms with Crippen molar-refractivity contribution in [1.29, 1.82) is 0 Å². The zero-order valence-corrected chi connectivity index (χ0v) is 15.9. The number of anilines is 1. The third-order valence-electron chi connectivity index (χ3n) is 4.54. The number of hydrogen-bond acceptors (Lipinski definition) is 4. The van der Waals surface area contributed by atoms with Crippen molar-refractivity contribution in [3.63, 3.8) is 0 Å². The second-order valence-electron chi connectivity index (χ2n) is 6.47. The third-order valence-corrected chi connectivity index (χ3v) is 5.43. The first kappa shape index (κ1) is 18.1. The molecule has 0 fully saturated rings. The average Bonchev–Trinajstić information content (AvgIpc) is 3.28. The van der Waals surface area contributed by atoms with Gasteiger partial charge >= 0.3 is 0 Å². The van der Waals surface area contributed by atoms with Gasteiger partial charge in [0.05, 0.1) is 11.3 Å². The quantitative estimate of drug-likeness (QED) is 0.608.